The summed E-state index contributed by atoms with van der Waals surface area (Å²) in [5.41, 5.74) is 8.53. The summed E-state index contributed by atoms with van der Waals surface area (Å²) in [6.07, 6.45) is 0. The Balaban J connectivity index is 1.21. The molecule has 41 heavy (non-hydrogen) atoms. The van der Waals surface area contributed by atoms with Crippen LogP contribution in [0.15, 0.2) is 127 Å². The molecule has 3 heterocycles. The van der Waals surface area contributed by atoms with Crippen LogP contribution in [0.2, 0.25) is 0 Å². The maximum atomic E-state index is 9.34. The van der Waals surface area contributed by atoms with Crippen molar-refractivity contribution in [2.75, 3.05) is 0 Å². The zero-order valence-corrected chi connectivity index (χ0v) is 22.7. The molecule has 190 valence electrons. The van der Waals surface area contributed by atoms with Gasteiger partial charge in [-0.3, -0.25) is 0 Å². The van der Waals surface area contributed by atoms with Gasteiger partial charge >= 0.3 is 0 Å². The van der Waals surface area contributed by atoms with E-state index in [1.165, 1.54) is 31.3 Å². The molecule has 0 bridgehead atoms. The van der Waals surface area contributed by atoms with Crippen LogP contribution in [-0.2, 0) is 0 Å². The number of hydrogen-bond acceptors (Lipinski definition) is 4. The van der Waals surface area contributed by atoms with Gasteiger partial charge in [-0.2, -0.15) is 5.26 Å². The molecule has 0 unspecified atom stereocenters. The second kappa shape index (κ2) is 9.38. The third kappa shape index (κ3) is 3.95. The van der Waals surface area contributed by atoms with E-state index in [1.54, 1.807) is 0 Å². The van der Waals surface area contributed by atoms with Gasteiger partial charge in [0.25, 0.3) is 0 Å². The topological polar surface area (TPSA) is 49.6 Å². The molecular weight excluding hydrogens is 518 g/mol. The van der Waals surface area contributed by atoms with Crippen molar-refractivity contribution in [3.05, 3.63) is 133 Å². The van der Waals surface area contributed by atoms with Crippen molar-refractivity contribution in [3.8, 4) is 39.7 Å². The average Bonchev–Trinajstić information content (AvgIpc) is 3.43. The summed E-state index contributed by atoms with van der Waals surface area (Å²) in [6.45, 7) is 0. The second-order valence-electron chi connectivity index (χ2n) is 10.2. The average molecular weight is 540 g/mol. The molecule has 0 saturated carbocycles. The zero-order valence-electron chi connectivity index (χ0n) is 21.9. The van der Waals surface area contributed by atoms with Gasteiger partial charge in [-0.05, 0) is 41.5 Å². The van der Waals surface area contributed by atoms with Crippen LogP contribution in [0.4, 0.5) is 0 Å². The van der Waals surface area contributed by atoms with Crippen molar-refractivity contribution in [2.45, 2.75) is 0 Å². The highest BCUT2D eigenvalue weighted by Crippen LogP contribution is 2.40. The first-order valence-corrected chi connectivity index (χ1v) is 14.3. The van der Waals surface area contributed by atoms with Crippen LogP contribution in [0.3, 0.4) is 0 Å². The molecule has 0 amide bonds. The van der Waals surface area contributed by atoms with Crippen LogP contribution in [0.5, 0.6) is 0 Å². The Hall–Kier alpha value is -5.37. The van der Waals surface area contributed by atoms with Crippen molar-refractivity contribution < 1.29 is 0 Å². The molecular formula is C37H21N3S. The first-order valence-electron chi connectivity index (χ1n) is 13.5. The quantitative estimate of drug-likeness (QED) is 0.210. The van der Waals surface area contributed by atoms with Gasteiger partial charge in [-0.1, -0.05) is 97.1 Å². The Morgan fingerprint density at radius 3 is 1.93 bits per heavy atom. The highest BCUT2D eigenvalue weighted by Gasteiger charge is 2.12. The van der Waals surface area contributed by atoms with Gasteiger partial charge in [0, 0.05) is 42.1 Å². The van der Waals surface area contributed by atoms with Crippen LogP contribution < -0.4 is 0 Å². The Bertz CT molecular complexity index is 2330. The van der Waals surface area contributed by atoms with Crippen molar-refractivity contribution in [1.29, 1.82) is 5.26 Å². The number of pyridine rings is 2. The van der Waals surface area contributed by atoms with Gasteiger partial charge < -0.3 is 0 Å². The van der Waals surface area contributed by atoms with E-state index >= 15 is 0 Å². The molecule has 0 saturated heterocycles. The molecule has 0 spiro atoms. The molecule has 5 aromatic carbocycles. The van der Waals surface area contributed by atoms with Gasteiger partial charge in [0.2, 0.25) is 0 Å². The van der Waals surface area contributed by atoms with E-state index in [0.717, 1.165) is 44.3 Å². The van der Waals surface area contributed by atoms with Crippen molar-refractivity contribution >= 4 is 53.3 Å². The fraction of sp³-hybridized carbons (Fsp3) is 0. The van der Waals surface area contributed by atoms with Crippen molar-refractivity contribution in [3.63, 3.8) is 0 Å². The van der Waals surface area contributed by atoms with Crippen LogP contribution >= 0.6 is 11.3 Å². The molecule has 0 radical (unpaired) electrons. The van der Waals surface area contributed by atoms with Gasteiger partial charge in [-0.25, -0.2) is 9.97 Å². The highest BCUT2D eigenvalue weighted by atomic mass is 32.1. The molecule has 0 fully saturated rings. The number of rotatable bonds is 3. The van der Waals surface area contributed by atoms with E-state index in [4.69, 9.17) is 9.97 Å². The number of hydrogen-bond donors (Lipinski definition) is 0. The predicted octanol–water partition coefficient (Wildman–Crippen LogP) is 10.0. The number of benzene rings is 5. The molecule has 8 rings (SSSR count). The van der Waals surface area contributed by atoms with E-state index in [1.807, 2.05) is 41.7 Å². The number of aromatic nitrogens is 2. The maximum Gasteiger partial charge on any atom is 0.0991 e. The van der Waals surface area contributed by atoms with Gasteiger partial charge in [0.1, 0.15) is 0 Å². The first kappa shape index (κ1) is 23.5. The Morgan fingerprint density at radius 2 is 1.17 bits per heavy atom. The van der Waals surface area contributed by atoms with Crippen molar-refractivity contribution in [2.24, 2.45) is 0 Å². The molecule has 0 aliphatic rings. The van der Waals surface area contributed by atoms with Crippen molar-refractivity contribution in [1.82, 2.24) is 9.97 Å². The minimum absolute atomic E-state index is 0.620. The number of fused-ring (bicyclic) bond motifs is 6. The lowest BCUT2D eigenvalue weighted by Crippen LogP contribution is -1.91. The summed E-state index contributed by atoms with van der Waals surface area (Å²) in [5, 5.41) is 14.0. The zero-order chi connectivity index (χ0) is 27.3. The lowest BCUT2D eigenvalue weighted by atomic mass is 10.00. The fourth-order valence-electron chi connectivity index (χ4n) is 5.63. The van der Waals surface area contributed by atoms with Crippen LogP contribution in [-0.4, -0.2) is 9.97 Å². The SMILES string of the molecule is N#Cc1cccc(-c2ccc3ccc4ccc(-c5ccc(-c6cccc7c6sc6ccccc67)cc5)nc4c3n2)c1. The summed E-state index contributed by atoms with van der Waals surface area (Å²) in [6, 6.07) is 46.2. The summed E-state index contributed by atoms with van der Waals surface area (Å²) in [7, 11) is 0. The molecule has 4 heteroatoms. The molecule has 0 aliphatic heterocycles. The summed E-state index contributed by atoms with van der Waals surface area (Å²) in [4.78, 5) is 10.1. The van der Waals surface area contributed by atoms with E-state index < -0.39 is 0 Å². The summed E-state index contributed by atoms with van der Waals surface area (Å²) >= 11 is 1.85. The third-order valence-corrected chi connectivity index (χ3v) is 8.92. The Morgan fingerprint density at radius 1 is 0.537 bits per heavy atom. The van der Waals surface area contributed by atoms with Gasteiger partial charge in [0.15, 0.2) is 0 Å². The highest BCUT2D eigenvalue weighted by molar-refractivity contribution is 7.26. The Kier molecular flexibility index (Phi) is 5.38. The van der Waals surface area contributed by atoms with Crippen LogP contribution in [0, 0.1) is 11.3 Å². The van der Waals surface area contributed by atoms with Crippen LogP contribution in [0.25, 0.3) is 75.6 Å². The molecule has 0 N–H and O–H groups in total. The largest absolute Gasteiger partial charge is 0.245 e. The monoisotopic (exact) mass is 539 g/mol. The number of nitriles is 1. The van der Waals surface area contributed by atoms with Gasteiger partial charge in [-0.15, -0.1) is 11.3 Å². The normalized spacial score (nSPS) is 11.4. The molecule has 0 aliphatic carbocycles. The summed E-state index contributed by atoms with van der Waals surface area (Å²) < 4.78 is 2.63. The first-order chi connectivity index (χ1) is 20.2. The van der Waals surface area contributed by atoms with E-state index in [2.05, 4.69) is 103 Å². The second-order valence-corrected chi connectivity index (χ2v) is 11.2. The van der Waals surface area contributed by atoms with E-state index in [9.17, 15) is 5.26 Å². The maximum absolute atomic E-state index is 9.34. The van der Waals surface area contributed by atoms with Crippen LogP contribution in [0.1, 0.15) is 5.56 Å². The standard InChI is InChI=1S/C37H21N3S/c38-22-23-5-3-6-28(21-23)33-20-18-27-16-15-26-17-19-32(39-35(26)36(27)40-33)25-13-11-24(12-14-25)29-8-4-9-31-30-7-1-2-10-34(30)41-37(29)31/h1-21H. The molecule has 0 atom stereocenters. The van der Waals surface area contributed by atoms with E-state index in [-0.39, 0.29) is 0 Å². The number of thiophene rings is 1. The molecule has 3 nitrogen and oxygen atoms in total. The minimum atomic E-state index is 0.620. The third-order valence-electron chi connectivity index (χ3n) is 7.70. The lowest BCUT2D eigenvalue weighted by molar-refractivity contribution is 1.36. The van der Waals surface area contributed by atoms with Gasteiger partial charge in [0.05, 0.1) is 34.1 Å². The smallest absolute Gasteiger partial charge is 0.0991 e. The molecule has 3 aromatic heterocycles. The van der Waals surface area contributed by atoms with E-state index in [0.29, 0.717) is 5.56 Å². The summed E-state index contributed by atoms with van der Waals surface area (Å²) in [5.74, 6) is 0. The predicted molar refractivity (Wildman–Crippen MR) is 171 cm³/mol. The minimum Gasteiger partial charge on any atom is -0.245 e. The number of nitrogens with zero attached hydrogens (tertiary/aromatic N) is 3. The molecule has 8 aromatic rings. The Labute approximate surface area is 240 Å². The fourth-order valence-corrected chi connectivity index (χ4v) is 6.87. The lowest BCUT2D eigenvalue weighted by Gasteiger charge is -2.09.